The number of aliphatic hydroxyl groups excluding tert-OH is 1. The number of halogens is 1. The molecule has 0 unspecified atom stereocenters. The van der Waals surface area contributed by atoms with Crippen molar-refractivity contribution in [2.45, 2.75) is 37.7 Å². The van der Waals surface area contributed by atoms with Crippen molar-refractivity contribution in [3.8, 4) is 0 Å². The van der Waals surface area contributed by atoms with Crippen LogP contribution in [0.1, 0.15) is 30.4 Å². The Kier molecular flexibility index (Phi) is 4.66. The SMILES string of the molecule is Cc1c(Br)cc(CO)cc1S(=O)(=O)NCC1CCC1. The second-order valence-corrected chi connectivity index (χ2v) is 7.60. The largest absolute Gasteiger partial charge is 0.392 e. The van der Waals surface area contributed by atoms with Crippen molar-refractivity contribution in [2.24, 2.45) is 5.92 Å². The van der Waals surface area contributed by atoms with E-state index < -0.39 is 10.0 Å². The summed E-state index contributed by atoms with van der Waals surface area (Å²) in [6, 6.07) is 3.27. The number of aliphatic hydroxyl groups is 1. The van der Waals surface area contributed by atoms with Gasteiger partial charge in [0.15, 0.2) is 0 Å². The van der Waals surface area contributed by atoms with Gasteiger partial charge in [-0.2, -0.15) is 0 Å². The second-order valence-electron chi connectivity index (χ2n) is 5.01. The number of rotatable bonds is 5. The Morgan fingerprint density at radius 1 is 1.42 bits per heavy atom. The summed E-state index contributed by atoms with van der Waals surface area (Å²) in [6.07, 6.45) is 3.39. The van der Waals surface area contributed by atoms with Gasteiger partial charge >= 0.3 is 0 Å². The summed E-state index contributed by atoms with van der Waals surface area (Å²) in [5.41, 5.74) is 1.25. The molecule has 0 aliphatic heterocycles. The van der Waals surface area contributed by atoms with E-state index in [2.05, 4.69) is 20.7 Å². The van der Waals surface area contributed by atoms with Gasteiger partial charge in [-0.25, -0.2) is 13.1 Å². The highest BCUT2D eigenvalue weighted by Gasteiger charge is 2.23. The average molecular weight is 348 g/mol. The lowest BCUT2D eigenvalue weighted by atomic mass is 9.86. The second kappa shape index (κ2) is 5.91. The minimum atomic E-state index is -3.51. The standard InChI is InChI=1S/C13H18BrNO3S/c1-9-12(14)5-11(8-16)6-13(9)19(17,18)15-7-10-3-2-4-10/h5-6,10,15-16H,2-4,7-8H2,1H3. The van der Waals surface area contributed by atoms with Crippen LogP contribution in [0.3, 0.4) is 0 Å². The molecule has 0 spiro atoms. The van der Waals surface area contributed by atoms with Crippen molar-refractivity contribution in [3.05, 3.63) is 27.7 Å². The molecule has 1 saturated carbocycles. The van der Waals surface area contributed by atoms with Crippen molar-refractivity contribution in [2.75, 3.05) is 6.54 Å². The minimum Gasteiger partial charge on any atom is -0.392 e. The highest BCUT2D eigenvalue weighted by atomic mass is 79.9. The molecule has 0 saturated heterocycles. The average Bonchev–Trinajstić information content (AvgIpc) is 2.30. The molecule has 2 rings (SSSR count). The molecule has 0 amide bonds. The molecule has 2 N–H and O–H groups in total. The van der Waals surface area contributed by atoms with Crippen molar-refractivity contribution in [1.29, 1.82) is 0 Å². The van der Waals surface area contributed by atoms with Crippen molar-refractivity contribution < 1.29 is 13.5 Å². The summed E-state index contributed by atoms with van der Waals surface area (Å²) in [6.45, 7) is 2.08. The van der Waals surface area contributed by atoms with Crippen LogP contribution in [0.5, 0.6) is 0 Å². The fourth-order valence-electron chi connectivity index (χ4n) is 2.08. The Labute approximate surface area is 122 Å². The Bertz CT molecular complexity index is 567. The van der Waals surface area contributed by atoms with Crippen LogP contribution in [0.4, 0.5) is 0 Å². The van der Waals surface area contributed by atoms with Crippen LogP contribution < -0.4 is 4.72 Å². The summed E-state index contributed by atoms with van der Waals surface area (Å²) in [7, 11) is -3.51. The van der Waals surface area contributed by atoms with E-state index in [-0.39, 0.29) is 11.5 Å². The van der Waals surface area contributed by atoms with Crippen molar-refractivity contribution in [3.63, 3.8) is 0 Å². The van der Waals surface area contributed by atoms with Gasteiger partial charge < -0.3 is 5.11 Å². The summed E-state index contributed by atoms with van der Waals surface area (Å²) < 4.78 is 28.0. The van der Waals surface area contributed by atoms with Gasteiger partial charge in [0.25, 0.3) is 0 Å². The monoisotopic (exact) mass is 347 g/mol. The van der Waals surface area contributed by atoms with Gasteiger partial charge in [0.1, 0.15) is 0 Å². The Hall–Kier alpha value is -0.430. The molecule has 0 bridgehead atoms. The molecular weight excluding hydrogens is 330 g/mol. The van der Waals surface area contributed by atoms with Gasteiger partial charge in [0.05, 0.1) is 11.5 Å². The van der Waals surface area contributed by atoms with Crippen LogP contribution in [0.15, 0.2) is 21.5 Å². The van der Waals surface area contributed by atoms with Crippen LogP contribution in [-0.2, 0) is 16.6 Å². The fourth-order valence-corrected chi connectivity index (χ4v) is 4.15. The van der Waals surface area contributed by atoms with Gasteiger partial charge in [-0.15, -0.1) is 0 Å². The predicted octanol–water partition coefficient (Wildman–Crippen LogP) is 2.33. The maximum Gasteiger partial charge on any atom is 0.240 e. The van der Waals surface area contributed by atoms with E-state index in [0.717, 1.165) is 12.8 Å². The number of benzene rings is 1. The van der Waals surface area contributed by atoms with E-state index in [1.807, 2.05) is 0 Å². The zero-order valence-electron chi connectivity index (χ0n) is 10.8. The van der Waals surface area contributed by atoms with Gasteiger partial charge in [-0.3, -0.25) is 0 Å². The molecular formula is C13H18BrNO3S. The minimum absolute atomic E-state index is 0.177. The zero-order chi connectivity index (χ0) is 14.0. The third kappa shape index (κ3) is 3.37. The highest BCUT2D eigenvalue weighted by Crippen LogP contribution is 2.28. The van der Waals surface area contributed by atoms with E-state index in [9.17, 15) is 13.5 Å². The molecule has 1 aromatic carbocycles. The lowest BCUT2D eigenvalue weighted by molar-refractivity contribution is 0.281. The molecule has 6 heteroatoms. The molecule has 0 aromatic heterocycles. The summed E-state index contributed by atoms with van der Waals surface area (Å²) in [5.74, 6) is 0.472. The highest BCUT2D eigenvalue weighted by molar-refractivity contribution is 9.10. The first kappa shape index (κ1) is 15.0. The van der Waals surface area contributed by atoms with E-state index in [0.29, 0.717) is 28.1 Å². The number of nitrogens with one attached hydrogen (secondary N) is 1. The van der Waals surface area contributed by atoms with Crippen LogP contribution in [0.25, 0.3) is 0 Å². The zero-order valence-corrected chi connectivity index (χ0v) is 13.2. The molecule has 0 radical (unpaired) electrons. The number of sulfonamides is 1. The lowest BCUT2D eigenvalue weighted by Gasteiger charge is -2.25. The smallest absolute Gasteiger partial charge is 0.240 e. The van der Waals surface area contributed by atoms with Crippen LogP contribution in [0.2, 0.25) is 0 Å². The van der Waals surface area contributed by atoms with E-state index in [1.165, 1.54) is 12.5 Å². The topological polar surface area (TPSA) is 66.4 Å². The molecule has 106 valence electrons. The molecule has 1 aliphatic carbocycles. The summed E-state index contributed by atoms with van der Waals surface area (Å²) in [4.78, 5) is 0.241. The number of hydrogen-bond acceptors (Lipinski definition) is 3. The predicted molar refractivity (Wildman–Crippen MR) is 77.3 cm³/mol. The third-order valence-corrected chi connectivity index (χ3v) is 5.99. The summed E-state index contributed by atoms with van der Waals surface area (Å²) >= 11 is 3.33. The van der Waals surface area contributed by atoms with Gasteiger partial charge in [0, 0.05) is 11.0 Å². The van der Waals surface area contributed by atoms with E-state index >= 15 is 0 Å². The van der Waals surface area contributed by atoms with Gasteiger partial charge in [0.2, 0.25) is 10.0 Å². The number of hydrogen-bond donors (Lipinski definition) is 2. The van der Waals surface area contributed by atoms with E-state index in [1.54, 1.807) is 13.0 Å². The molecule has 4 nitrogen and oxygen atoms in total. The normalized spacial score (nSPS) is 16.4. The van der Waals surface area contributed by atoms with Crippen LogP contribution >= 0.6 is 15.9 Å². The molecule has 1 aliphatic rings. The lowest BCUT2D eigenvalue weighted by Crippen LogP contribution is -2.32. The van der Waals surface area contributed by atoms with E-state index in [4.69, 9.17) is 0 Å². The molecule has 0 atom stereocenters. The molecule has 0 heterocycles. The maximum absolute atomic E-state index is 12.3. The molecule has 19 heavy (non-hydrogen) atoms. The first-order valence-electron chi connectivity index (χ1n) is 6.33. The molecule has 1 aromatic rings. The van der Waals surface area contributed by atoms with Gasteiger partial charge in [-0.05, 0) is 48.9 Å². The Balaban J connectivity index is 2.25. The van der Waals surface area contributed by atoms with Crippen molar-refractivity contribution >= 4 is 26.0 Å². The summed E-state index contributed by atoms with van der Waals surface area (Å²) in [5, 5.41) is 9.17. The maximum atomic E-state index is 12.3. The first-order chi connectivity index (χ1) is 8.94. The van der Waals surface area contributed by atoms with Crippen molar-refractivity contribution in [1.82, 2.24) is 4.72 Å². The Morgan fingerprint density at radius 3 is 2.63 bits per heavy atom. The molecule has 1 fully saturated rings. The van der Waals surface area contributed by atoms with Gasteiger partial charge in [-0.1, -0.05) is 22.4 Å². The van der Waals surface area contributed by atoms with Crippen LogP contribution in [0, 0.1) is 12.8 Å². The van der Waals surface area contributed by atoms with Crippen LogP contribution in [-0.4, -0.2) is 20.1 Å². The Morgan fingerprint density at radius 2 is 2.11 bits per heavy atom. The first-order valence-corrected chi connectivity index (χ1v) is 8.61. The third-order valence-electron chi connectivity index (χ3n) is 3.62. The quantitative estimate of drug-likeness (QED) is 0.858. The fraction of sp³-hybridized carbons (Fsp3) is 0.538.